The number of carbonyl (C=O) groups is 1. The van der Waals surface area contributed by atoms with E-state index in [1.807, 2.05) is 18.2 Å². The zero-order valence-electron chi connectivity index (χ0n) is 11.3. The van der Waals surface area contributed by atoms with E-state index in [2.05, 4.69) is 16.3 Å². The van der Waals surface area contributed by atoms with Crippen molar-refractivity contribution in [3.63, 3.8) is 0 Å². The number of nitrogens with one attached hydrogen (secondary N) is 1. The van der Waals surface area contributed by atoms with Crippen LogP contribution in [0.4, 0.5) is 5.69 Å². The lowest BCUT2D eigenvalue weighted by atomic mass is 9.95. The quantitative estimate of drug-likeness (QED) is 0.928. The molecule has 1 amide bonds. The SMILES string of the molecule is N#CCCN1CCC(C(=O)Nc2ccccc2Cl)CC1. The second kappa shape index (κ2) is 7.28. The Morgan fingerprint density at radius 1 is 1.40 bits per heavy atom. The van der Waals surface area contributed by atoms with Crippen LogP contribution in [0.15, 0.2) is 24.3 Å². The number of nitrogens with zero attached hydrogens (tertiary/aromatic N) is 2. The van der Waals surface area contributed by atoms with Crippen molar-refractivity contribution in [2.75, 3.05) is 25.0 Å². The number of halogens is 1. The second-order valence-electron chi connectivity index (χ2n) is 4.99. The van der Waals surface area contributed by atoms with Gasteiger partial charge in [-0.05, 0) is 38.1 Å². The summed E-state index contributed by atoms with van der Waals surface area (Å²) >= 11 is 6.03. The molecule has 1 fully saturated rings. The van der Waals surface area contributed by atoms with Crippen LogP contribution in [0, 0.1) is 17.2 Å². The summed E-state index contributed by atoms with van der Waals surface area (Å²) in [5.41, 5.74) is 0.672. The van der Waals surface area contributed by atoms with Gasteiger partial charge >= 0.3 is 0 Å². The van der Waals surface area contributed by atoms with Crippen LogP contribution >= 0.6 is 11.6 Å². The van der Waals surface area contributed by atoms with Crippen LogP contribution in [0.25, 0.3) is 0 Å². The molecule has 1 aliphatic rings. The molecule has 2 rings (SSSR count). The van der Waals surface area contributed by atoms with Crippen LogP contribution in [-0.2, 0) is 4.79 Å². The van der Waals surface area contributed by atoms with Crippen LogP contribution in [0.2, 0.25) is 5.02 Å². The van der Waals surface area contributed by atoms with Gasteiger partial charge in [-0.15, -0.1) is 0 Å². The molecule has 1 aromatic rings. The first kappa shape index (κ1) is 14.8. The Morgan fingerprint density at radius 3 is 2.75 bits per heavy atom. The van der Waals surface area contributed by atoms with Crippen LogP contribution < -0.4 is 5.32 Å². The van der Waals surface area contributed by atoms with E-state index >= 15 is 0 Å². The molecular formula is C15H18ClN3O. The molecule has 1 aromatic carbocycles. The molecule has 4 nitrogen and oxygen atoms in total. The average molecular weight is 292 g/mol. The number of likely N-dealkylation sites (tertiary alicyclic amines) is 1. The van der Waals surface area contributed by atoms with E-state index in [-0.39, 0.29) is 11.8 Å². The predicted octanol–water partition coefficient (Wildman–Crippen LogP) is 2.90. The third kappa shape index (κ3) is 3.96. The Morgan fingerprint density at radius 2 is 2.10 bits per heavy atom. The van der Waals surface area contributed by atoms with Gasteiger partial charge in [0.25, 0.3) is 0 Å². The number of piperidine rings is 1. The number of amides is 1. The Hall–Kier alpha value is -1.57. The van der Waals surface area contributed by atoms with Crippen molar-refractivity contribution in [3.05, 3.63) is 29.3 Å². The van der Waals surface area contributed by atoms with Gasteiger partial charge in [0.05, 0.1) is 16.8 Å². The normalized spacial score (nSPS) is 16.6. The second-order valence-corrected chi connectivity index (χ2v) is 5.40. The largest absolute Gasteiger partial charge is 0.325 e. The number of carbonyl (C=O) groups excluding carboxylic acids is 1. The summed E-state index contributed by atoms with van der Waals surface area (Å²) in [6, 6.07) is 9.42. The van der Waals surface area contributed by atoms with Crippen LogP contribution in [0.5, 0.6) is 0 Å². The average Bonchev–Trinajstić information content (AvgIpc) is 2.48. The highest BCUT2D eigenvalue weighted by atomic mass is 35.5. The van der Waals surface area contributed by atoms with Crippen molar-refractivity contribution in [1.29, 1.82) is 5.26 Å². The lowest BCUT2D eigenvalue weighted by Crippen LogP contribution is -2.38. The van der Waals surface area contributed by atoms with Gasteiger partial charge in [0.1, 0.15) is 0 Å². The summed E-state index contributed by atoms with van der Waals surface area (Å²) in [5, 5.41) is 12.0. The van der Waals surface area contributed by atoms with Gasteiger partial charge in [-0.2, -0.15) is 5.26 Å². The molecule has 5 heteroatoms. The number of anilines is 1. The maximum absolute atomic E-state index is 12.2. The standard InChI is InChI=1S/C15H18ClN3O/c16-13-4-1-2-5-14(13)18-15(20)12-6-10-19(11-7-12)9-3-8-17/h1-2,4-5,12H,3,6-7,9-11H2,(H,18,20). The van der Waals surface area contributed by atoms with E-state index < -0.39 is 0 Å². The van der Waals surface area contributed by atoms with Gasteiger partial charge in [0, 0.05) is 18.9 Å². The van der Waals surface area contributed by atoms with Gasteiger partial charge in [-0.1, -0.05) is 23.7 Å². The van der Waals surface area contributed by atoms with Crippen molar-refractivity contribution >= 4 is 23.2 Å². The predicted molar refractivity (Wildman–Crippen MR) is 79.5 cm³/mol. The molecule has 20 heavy (non-hydrogen) atoms. The van der Waals surface area contributed by atoms with Gasteiger partial charge in [-0.25, -0.2) is 0 Å². The molecule has 1 N–H and O–H groups in total. The Kier molecular flexibility index (Phi) is 5.40. The number of para-hydroxylation sites is 1. The third-order valence-electron chi connectivity index (χ3n) is 3.63. The van der Waals surface area contributed by atoms with E-state index in [0.29, 0.717) is 17.1 Å². The van der Waals surface area contributed by atoms with Crippen molar-refractivity contribution in [2.45, 2.75) is 19.3 Å². The van der Waals surface area contributed by atoms with Crippen LogP contribution in [0.3, 0.4) is 0 Å². The van der Waals surface area contributed by atoms with Crippen molar-refractivity contribution < 1.29 is 4.79 Å². The zero-order chi connectivity index (χ0) is 14.4. The smallest absolute Gasteiger partial charge is 0.227 e. The van der Waals surface area contributed by atoms with Crippen molar-refractivity contribution in [1.82, 2.24) is 4.90 Å². The van der Waals surface area contributed by atoms with E-state index in [1.165, 1.54) is 0 Å². The molecule has 0 saturated carbocycles. The third-order valence-corrected chi connectivity index (χ3v) is 3.96. The van der Waals surface area contributed by atoms with Gasteiger partial charge in [0.2, 0.25) is 5.91 Å². The first-order valence-electron chi connectivity index (χ1n) is 6.85. The lowest BCUT2D eigenvalue weighted by molar-refractivity contribution is -0.121. The molecule has 1 saturated heterocycles. The minimum atomic E-state index is 0.0320. The molecule has 0 aliphatic carbocycles. The fourth-order valence-electron chi connectivity index (χ4n) is 2.42. The molecule has 1 heterocycles. The van der Waals surface area contributed by atoms with Gasteiger partial charge < -0.3 is 10.2 Å². The van der Waals surface area contributed by atoms with Gasteiger partial charge in [-0.3, -0.25) is 4.79 Å². The van der Waals surface area contributed by atoms with Crippen molar-refractivity contribution in [2.24, 2.45) is 5.92 Å². The maximum Gasteiger partial charge on any atom is 0.227 e. The number of nitriles is 1. The minimum absolute atomic E-state index is 0.0320. The Labute approximate surface area is 124 Å². The number of rotatable bonds is 4. The molecule has 106 valence electrons. The van der Waals surface area contributed by atoms with E-state index in [4.69, 9.17) is 16.9 Å². The summed E-state index contributed by atoms with van der Waals surface area (Å²) in [6.07, 6.45) is 2.22. The zero-order valence-corrected chi connectivity index (χ0v) is 12.1. The molecule has 1 aliphatic heterocycles. The fourth-order valence-corrected chi connectivity index (χ4v) is 2.61. The summed E-state index contributed by atoms with van der Waals surface area (Å²) in [7, 11) is 0. The summed E-state index contributed by atoms with van der Waals surface area (Å²) < 4.78 is 0. The monoisotopic (exact) mass is 291 g/mol. The highest BCUT2D eigenvalue weighted by Gasteiger charge is 2.25. The maximum atomic E-state index is 12.2. The summed E-state index contributed by atoms with van der Waals surface area (Å²) in [5.74, 6) is 0.0719. The highest BCUT2D eigenvalue weighted by Crippen LogP contribution is 2.24. The number of benzene rings is 1. The molecule has 0 unspecified atom stereocenters. The first-order chi connectivity index (χ1) is 9.70. The van der Waals surface area contributed by atoms with Crippen LogP contribution in [-0.4, -0.2) is 30.4 Å². The summed E-state index contributed by atoms with van der Waals surface area (Å²) in [6.45, 7) is 2.56. The van der Waals surface area contributed by atoms with E-state index in [1.54, 1.807) is 6.07 Å². The van der Waals surface area contributed by atoms with E-state index in [0.717, 1.165) is 32.5 Å². The first-order valence-corrected chi connectivity index (χ1v) is 7.23. The molecule has 0 bridgehead atoms. The Balaban J connectivity index is 1.83. The summed E-state index contributed by atoms with van der Waals surface area (Å²) in [4.78, 5) is 14.4. The van der Waals surface area contributed by atoms with Crippen LogP contribution in [0.1, 0.15) is 19.3 Å². The minimum Gasteiger partial charge on any atom is -0.325 e. The van der Waals surface area contributed by atoms with Crippen molar-refractivity contribution in [3.8, 4) is 6.07 Å². The Bertz CT molecular complexity index is 504. The van der Waals surface area contributed by atoms with E-state index in [9.17, 15) is 4.79 Å². The lowest BCUT2D eigenvalue weighted by Gasteiger charge is -2.30. The molecule has 0 spiro atoms. The van der Waals surface area contributed by atoms with Gasteiger partial charge in [0.15, 0.2) is 0 Å². The highest BCUT2D eigenvalue weighted by molar-refractivity contribution is 6.33. The molecule has 0 atom stereocenters. The molecule has 0 radical (unpaired) electrons. The number of hydrogen-bond donors (Lipinski definition) is 1. The topological polar surface area (TPSA) is 56.1 Å². The fraction of sp³-hybridized carbons (Fsp3) is 0.467. The number of hydrogen-bond acceptors (Lipinski definition) is 3. The molecule has 0 aromatic heterocycles. The molecular weight excluding hydrogens is 274 g/mol.